The van der Waals surface area contributed by atoms with Crippen molar-refractivity contribution in [1.82, 2.24) is 0 Å². The first-order chi connectivity index (χ1) is 7.77. The molecule has 0 aliphatic carbocycles. The van der Waals surface area contributed by atoms with Crippen molar-refractivity contribution in [3.8, 4) is 0 Å². The van der Waals surface area contributed by atoms with E-state index >= 15 is 0 Å². The minimum Gasteiger partial charge on any atom is -0.495 e. The van der Waals surface area contributed by atoms with Gasteiger partial charge in [0.1, 0.15) is 11.9 Å². The number of hydrogen-bond acceptors (Lipinski definition) is 3. The molecular formula is C13H17NO2. The molecule has 1 aromatic carbocycles. The van der Waals surface area contributed by atoms with Crippen LogP contribution in [0.3, 0.4) is 0 Å². The zero-order valence-electron chi connectivity index (χ0n) is 9.17. The van der Waals surface area contributed by atoms with Gasteiger partial charge in [-0.3, -0.25) is 0 Å². The highest BCUT2D eigenvalue weighted by Crippen LogP contribution is 2.17. The van der Waals surface area contributed by atoms with E-state index in [1.165, 1.54) is 0 Å². The van der Waals surface area contributed by atoms with E-state index in [0.29, 0.717) is 18.8 Å². The van der Waals surface area contributed by atoms with Crippen LogP contribution in [0.2, 0.25) is 0 Å². The number of rotatable bonds is 4. The summed E-state index contributed by atoms with van der Waals surface area (Å²) in [6, 6.07) is 9.62. The van der Waals surface area contributed by atoms with Gasteiger partial charge in [-0.25, -0.2) is 0 Å². The summed E-state index contributed by atoms with van der Waals surface area (Å²) in [5.74, 6) is 0.628. The Bertz CT molecular complexity index is 361. The molecule has 3 nitrogen and oxygen atoms in total. The van der Waals surface area contributed by atoms with Crippen molar-refractivity contribution in [2.24, 2.45) is 5.73 Å². The molecule has 2 atom stereocenters. The van der Waals surface area contributed by atoms with Gasteiger partial charge in [0.15, 0.2) is 0 Å². The highest BCUT2D eigenvalue weighted by molar-refractivity contribution is 5.18. The smallest absolute Gasteiger partial charge is 0.126 e. The van der Waals surface area contributed by atoms with E-state index in [-0.39, 0.29) is 6.04 Å². The van der Waals surface area contributed by atoms with Gasteiger partial charge in [0.2, 0.25) is 0 Å². The fourth-order valence-corrected chi connectivity index (χ4v) is 1.85. The predicted octanol–water partition coefficient (Wildman–Crippen LogP) is 1.22. The second-order valence-electron chi connectivity index (χ2n) is 4.04. The SMILES string of the molecule is NC(Cc1ccccc1)C(O)C1=CCCO1. The van der Waals surface area contributed by atoms with Crippen LogP contribution in [0.25, 0.3) is 0 Å². The lowest BCUT2D eigenvalue weighted by atomic mass is 10.0. The zero-order valence-corrected chi connectivity index (χ0v) is 9.17. The summed E-state index contributed by atoms with van der Waals surface area (Å²) >= 11 is 0. The second kappa shape index (κ2) is 5.14. The molecule has 0 bridgehead atoms. The minimum absolute atomic E-state index is 0.313. The van der Waals surface area contributed by atoms with E-state index in [1.807, 2.05) is 36.4 Å². The average Bonchev–Trinajstić information content (AvgIpc) is 2.83. The Balaban J connectivity index is 1.95. The summed E-state index contributed by atoms with van der Waals surface area (Å²) in [5, 5.41) is 9.96. The topological polar surface area (TPSA) is 55.5 Å². The maximum atomic E-state index is 9.96. The molecule has 0 aromatic heterocycles. The highest BCUT2D eigenvalue weighted by atomic mass is 16.5. The van der Waals surface area contributed by atoms with Crippen LogP contribution in [-0.4, -0.2) is 23.9 Å². The Morgan fingerprint density at radius 1 is 1.31 bits per heavy atom. The average molecular weight is 219 g/mol. The normalized spacial score (nSPS) is 18.8. The van der Waals surface area contributed by atoms with Crippen LogP contribution in [-0.2, 0) is 11.2 Å². The number of benzene rings is 1. The van der Waals surface area contributed by atoms with Gasteiger partial charge in [-0.2, -0.15) is 0 Å². The molecule has 1 heterocycles. The lowest BCUT2D eigenvalue weighted by molar-refractivity contribution is 0.0991. The summed E-state index contributed by atoms with van der Waals surface area (Å²) in [5.41, 5.74) is 7.09. The van der Waals surface area contributed by atoms with Crippen molar-refractivity contribution in [3.63, 3.8) is 0 Å². The van der Waals surface area contributed by atoms with Crippen LogP contribution < -0.4 is 5.73 Å². The number of aliphatic hydroxyl groups excluding tert-OH is 1. The Labute approximate surface area is 95.5 Å². The third kappa shape index (κ3) is 2.62. The molecule has 1 aliphatic heterocycles. The summed E-state index contributed by atoms with van der Waals surface area (Å²) in [7, 11) is 0. The lowest BCUT2D eigenvalue weighted by Crippen LogP contribution is -2.38. The molecule has 0 fully saturated rings. The van der Waals surface area contributed by atoms with Crippen molar-refractivity contribution >= 4 is 0 Å². The first kappa shape index (κ1) is 11.2. The molecular weight excluding hydrogens is 202 g/mol. The fraction of sp³-hybridized carbons (Fsp3) is 0.385. The van der Waals surface area contributed by atoms with Gasteiger partial charge in [0.25, 0.3) is 0 Å². The van der Waals surface area contributed by atoms with Gasteiger partial charge in [0.05, 0.1) is 6.61 Å². The summed E-state index contributed by atoms with van der Waals surface area (Å²) in [6.07, 6.45) is 2.74. The van der Waals surface area contributed by atoms with Crippen molar-refractivity contribution < 1.29 is 9.84 Å². The van der Waals surface area contributed by atoms with Crippen LogP contribution in [0.4, 0.5) is 0 Å². The number of nitrogens with two attached hydrogens (primary N) is 1. The van der Waals surface area contributed by atoms with Crippen molar-refractivity contribution in [3.05, 3.63) is 47.7 Å². The van der Waals surface area contributed by atoms with Gasteiger partial charge < -0.3 is 15.6 Å². The van der Waals surface area contributed by atoms with E-state index < -0.39 is 6.10 Å². The Kier molecular flexibility index (Phi) is 3.59. The molecule has 0 saturated carbocycles. The van der Waals surface area contributed by atoms with Crippen LogP contribution in [0.1, 0.15) is 12.0 Å². The van der Waals surface area contributed by atoms with Crippen molar-refractivity contribution in [2.75, 3.05) is 6.61 Å². The van der Waals surface area contributed by atoms with Gasteiger partial charge in [-0.15, -0.1) is 0 Å². The second-order valence-corrected chi connectivity index (χ2v) is 4.04. The summed E-state index contributed by atoms with van der Waals surface area (Å²) < 4.78 is 5.30. The molecule has 0 saturated heterocycles. The van der Waals surface area contributed by atoms with E-state index in [4.69, 9.17) is 10.5 Å². The number of hydrogen-bond donors (Lipinski definition) is 2. The van der Waals surface area contributed by atoms with E-state index in [2.05, 4.69) is 0 Å². The first-order valence-electron chi connectivity index (χ1n) is 5.58. The molecule has 16 heavy (non-hydrogen) atoms. The monoisotopic (exact) mass is 219 g/mol. The Hall–Kier alpha value is -1.32. The Morgan fingerprint density at radius 2 is 2.06 bits per heavy atom. The maximum Gasteiger partial charge on any atom is 0.126 e. The molecule has 1 aliphatic rings. The molecule has 86 valence electrons. The largest absolute Gasteiger partial charge is 0.495 e. The van der Waals surface area contributed by atoms with Crippen LogP contribution in [0.5, 0.6) is 0 Å². The zero-order chi connectivity index (χ0) is 11.4. The maximum absolute atomic E-state index is 9.96. The van der Waals surface area contributed by atoms with Crippen LogP contribution in [0.15, 0.2) is 42.2 Å². The van der Waals surface area contributed by atoms with Crippen molar-refractivity contribution in [1.29, 1.82) is 0 Å². The van der Waals surface area contributed by atoms with Crippen molar-refractivity contribution in [2.45, 2.75) is 25.0 Å². The first-order valence-corrected chi connectivity index (χ1v) is 5.58. The molecule has 2 rings (SSSR count). The van der Waals surface area contributed by atoms with Gasteiger partial charge in [-0.05, 0) is 18.1 Å². The Morgan fingerprint density at radius 3 is 2.69 bits per heavy atom. The lowest BCUT2D eigenvalue weighted by Gasteiger charge is -2.19. The van der Waals surface area contributed by atoms with Gasteiger partial charge in [0, 0.05) is 12.5 Å². The molecule has 0 amide bonds. The standard InChI is InChI=1S/C13H17NO2/c14-11(9-10-5-2-1-3-6-10)13(15)12-7-4-8-16-12/h1-3,5-7,11,13,15H,4,8-9,14H2. The highest BCUT2D eigenvalue weighted by Gasteiger charge is 2.22. The van der Waals surface area contributed by atoms with Gasteiger partial charge in [-0.1, -0.05) is 30.3 Å². The van der Waals surface area contributed by atoms with Gasteiger partial charge >= 0.3 is 0 Å². The molecule has 3 heteroatoms. The molecule has 3 N–H and O–H groups in total. The quantitative estimate of drug-likeness (QED) is 0.800. The van der Waals surface area contributed by atoms with Crippen LogP contribution in [0, 0.1) is 0 Å². The summed E-state index contributed by atoms with van der Waals surface area (Å²) in [4.78, 5) is 0. The summed E-state index contributed by atoms with van der Waals surface area (Å²) in [6.45, 7) is 0.657. The third-order valence-corrected chi connectivity index (χ3v) is 2.74. The fourth-order valence-electron chi connectivity index (χ4n) is 1.85. The van der Waals surface area contributed by atoms with Crippen LogP contribution >= 0.6 is 0 Å². The molecule has 1 aromatic rings. The van der Waals surface area contributed by atoms with E-state index in [0.717, 1.165) is 12.0 Å². The molecule has 0 radical (unpaired) electrons. The minimum atomic E-state index is -0.692. The number of aliphatic hydroxyl groups is 1. The van der Waals surface area contributed by atoms with E-state index in [9.17, 15) is 5.11 Å². The van der Waals surface area contributed by atoms with E-state index in [1.54, 1.807) is 0 Å². The predicted molar refractivity (Wildman–Crippen MR) is 62.8 cm³/mol. The third-order valence-electron chi connectivity index (χ3n) is 2.74. The molecule has 2 unspecified atom stereocenters. The molecule has 0 spiro atoms. The number of ether oxygens (including phenoxy) is 1.